The Kier molecular flexibility index (Phi) is 4.76. The van der Waals surface area contributed by atoms with Crippen LogP contribution >= 0.6 is 0 Å². The highest BCUT2D eigenvalue weighted by molar-refractivity contribution is 6.04. The zero-order chi connectivity index (χ0) is 15.1. The standard InChI is InChI=1S/C15H13N3O3/c19-10-13(11-4-2-1-3-5-11)17-15(21)18-14(20)12-6-8-16-9-7-12/h1-10,13H,(H2,17,18,20,21). The molecule has 1 unspecified atom stereocenters. The zero-order valence-corrected chi connectivity index (χ0v) is 11.0. The number of urea groups is 1. The van der Waals surface area contributed by atoms with Gasteiger partial charge in [-0.3, -0.25) is 15.1 Å². The molecule has 2 aromatic rings. The van der Waals surface area contributed by atoms with E-state index < -0.39 is 18.0 Å². The summed E-state index contributed by atoms with van der Waals surface area (Å²) in [6, 6.07) is 10.2. The van der Waals surface area contributed by atoms with Crippen LogP contribution in [0.15, 0.2) is 54.9 Å². The monoisotopic (exact) mass is 283 g/mol. The fourth-order valence-corrected chi connectivity index (χ4v) is 1.71. The number of carbonyl (C=O) groups excluding carboxylic acids is 3. The van der Waals surface area contributed by atoms with E-state index in [1.54, 1.807) is 30.3 Å². The summed E-state index contributed by atoms with van der Waals surface area (Å²) in [6.45, 7) is 0. The quantitative estimate of drug-likeness (QED) is 0.831. The predicted molar refractivity (Wildman–Crippen MR) is 75.5 cm³/mol. The maximum atomic E-state index is 11.8. The van der Waals surface area contributed by atoms with Gasteiger partial charge in [0, 0.05) is 18.0 Å². The van der Waals surface area contributed by atoms with Crippen molar-refractivity contribution < 1.29 is 14.4 Å². The normalized spacial score (nSPS) is 11.2. The van der Waals surface area contributed by atoms with Gasteiger partial charge in [0.25, 0.3) is 5.91 Å². The van der Waals surface area contributed by atoms with Crippen molar-refractivity contribution in [2.24, 2.45) is 0 Å². The van der Waals surface area contributed by atoms with Gasteiger partial charge < -0.3 is 10.1 Å². The first-order chi connectivity index (χ1) is 10.2. The van der Waals surface area contributed by atoms with Gasteiger partial charge >= 0.3 is 6.03 Å². The highest BCUT2D eigenvalue weighted by Crippen LogP contribution is 2.09. The average molecular weight is 283 g/mol. The molecule has 6 heteroatoms. The fraction of sp³-hybridized carbons (Fsp3) is 0.0667. The van der Waals surface area contributed by atoms with Crippen LogP contribution in [-0.4, -0.2) is 23.2 Å². The molecule has 1 atom stereocenters. The number of carbonyl (C=O) groups is 3. The Hall–Kier alpha value is -3.02. The molecule has 0 spiro atoms. The highest BCUT2D eigenvalue weighted by Gasteiger charge is 2.15. The van der Waals surface area contributed by atoms with Gasteiger partial charge in [-0.05, 0) is 17.7 Å². The lowest BCUT2D eigenvalue weighted by molar-refractivity contribution is -0.109. The van der Waals surface area contributed by atoms with Gasteiger partial charge in [0.15, 0.2) is 0 Å². The number of rotatable bonds is 4. The average Bonchev–Trinajstić information content (AvgIpc) is 2.54. The molecule has 2 N–H and O–H groups in total. The summed E-state index contributed by atoms with van der Waals surface area (Å²) in [4.78, 5) is 38.4. The third kappa shape index (κ3) is 3.97. The van der Waals surface area contributed by atoms with Crippen molar-refractivity contribution in [1.82, 2.24) is 15.6 Å². The van der Waals surface area contributed by atoms with Crippen molar-refractivity contribution in [2.45, 2.75) is 6.04 Å². The molecule has 0 aliphatic rings. The minimum atomic E-state index is -0.809. The number of nitrogens with zero attached hydrogens (tertiary/aromatic N) is 1. The van der Waals surface area contributed by atoms with Crippen LogP contribution < -0.4 is 10.6 Å². The molecule has 0 saturated carbocycles. The van der Waals surface area contributed by atoms with E-state index in [0.29, 0.717) is 17.4 Å². The molecular weight excluding hydrogens is 270 g/mol. The van der Waals surface area contributed by atoms with E-state index in [1.165, 1.54) is 24.5 Å². The second-order valence-electron chi connectivity index (χ2n) is 4.19. The van der Waals surface area contributed by atoms with Gasteiger partial charge in [-0.25, -0.2) is 4.79 Å². The van der Waals surface area contributed by atoms with Gasteiger partial charge in [0.1, 0.15) is 12.3 Å². The number of benzene rings is 1. The summed E-state index contributed by atoms with van der Waals surface area (Å²) < 4.78 is 0. The maximum absolute atomic E-state index is 11.8. The molecule has 0 saturated heterocycles. The topological polar surface area (TPSA) is 88.2 Å². The lowest BCUT2D eigenvalue weighted by Gasteiger charge is -2.13. The van der Waals surface area contributed by atoms with Gasteiger partial charge in [-0.15, -0.1) is 0 Å². The molecule has 106 valence electrons. The lowest BCUT2D eigenvalue weighted by atomic mass is 10.1. The Labute approximate surface area is 121 Å². The van der Waals surface area contributed by atoms with E-state index in [0.717, 1.165) is 0 Å². The molecule has 6 nitrogen and oxygen atoms in total. The van der Waals surface area contributed by atoms with E-state index in [1.807, 2.05) is 0 Å². The van der Waals surface area contributed by atoms with Gasteiger partial charge in [-0.1, -0.05) is 30.3 Å². The van der Waals surface area contributed by atoms with Gasteiger partial charge in [-0.2, -0.15) is 0 Å². The minimum Gasteiger partial charge on any atom is -0.324 e. The lowest BCUT2D eigenvalue weighted by Crippen LogP contribution is -2.41. The van der Waals surface area contributed by atoms with E-state index >= 15 is 0 Å². The SMILES string of the molecule is O=CC(NC(=O)NC(=O)c1ccncc1)c1ccccc1. The molecule has 0 aliphatic heterocycles. The van der Waals surface area contributed by atoms with Crippen molar-refractivity contribution in [3.8, 4) is 0 Å². The largest absolute Gasteiger partial charge is 0.324 e. The van der Waals surface area contributed by atoms with Crippen LogP contribution in [0.4, 0.5) is 4.79 Å². The summed E-state index contributed by atoms with van der Waals surface area (Å²) in [6.07, 6.45) is 3.50. The zero-order valence-electron chi connectivity index (χ0n) is 11.0. The Morgan fingerprint density at radius 3 is 2.33 bits per heavy atom. The number of hydrogen-bond acceptors (Lipinski definition) is 4. The molecule has 2 rings (SSSR count). The van der Waals surface area contributed by atoms with Crippen molar-refractivity contribution in [3.05, 3.63) is 66.0 Å². The number of aldehydes is 1. The number of nitrogens with one attached hydrogen (secondary N) is 2. The van der Waals surface area contributed by atoms with Crippen LogP contribution in [0, 0.1) is 0 Å². The first-order valence-electron chi connectivity index (χ1n) is 6.23. The molecule has 0 aliphatic carbocycles. The third-order valence-electron chi connectivity index (χ3n) is 2.75. The Balaban J connectivity index is 1.98. The van der Waals surface area contributed by atoms with Crippen molar-refractivity contribution in [1.29, 1.82) is 0 Å². The number of hydrogen-bond donors (Lipinski definition) is 2. The molecule has 0 bridgehead atoms. The number of amides is 3. The summed E-state index contributed by atoms with van der Waals surface area (Å²) >= 11 is 0. The third-order valence-corrected chi connectivity index (χ3v) is 2.75. The van der Waals surface area contributed by atoms with Crippen molar-refractivity contribution >= 4 is 18.2 Å². The van der Waals surface area contributed by atoms with Crippen LogP contribution in [0.1, 0.15) is 22.0 Å². The minimum absolute atomic E-state index is 0.308. The molecule has 21 heavy (non-hydrogen) atoms. The van der Waals surface area contributed by atoms with Gasteiger partial charge in [0.2, 0.25) is 0 Å². The first kappa shape index (κ1) is 14.4. The van der Waals surface area contributed by atoms with E-state index in [-0.39, 0.29) is 0 Å². The molecule has 3 amide bonds. The molecule has 1 aromatic heterocycles. The summed E-state index contributed by atoms with van der Waals surface area (Å²) in [5.41, 5.74) is 0.946. The van der Waals surface area contributed by atoms with E-state index in [4.69, 9.17) is 0 Å². The molecule has 1 aromatic carbocycles. The smallest absolute Gasteiger partial charge is 0.322 e. The van der Waals surface area contributed by atoms with Gasteiger partial charge in [0.05, 0.1) is 0 Å². The second kappa shape index (κ2) is 6.95. The fourth-order valence-electron chi connectivity index (χ4n) is 1.71. The van der Waals surface area contributed by atoms with E-state index in [9.17, 15) is 14.4 Å². The van der Waals surface area contributed by atoms with Crippen LogP contribution in [0.2, 0.25) is 0 Å². The number of aromatic nitrogens is 1. The van der Waals surface area contributed by atoms with Crippen LogP contribution in [0.5, 0.6) is 0 Å². The Morgan fingerprint density at radius 1 is 1.05 bits per heavy atom. The molecule has 0 fully saturated rings. The number of imide groups is 1. The molecular formula is C15H13N3O3. The Morgan fingerprint density at radius 2 is 1.71 bits per heavy atom. The van der Waals surface area contributed by atoms with E-state index in [2.05, 4.69) is 15.6 Å². The number of pyridine rings is 1. The summed E-state index contributed by atoms with van der Waals surface area (Å²) in [5.74, 6) is -0.562. The maximum Gasteiger partial charge on any atom is 0.322 e. The molecule has 0 radical (unpaired) electrons. The highest BCUT2D eigenvalue weighted by atomic mass is 16.2. The van der Waals surface area contributed by atoms with Crippen molar-refractivity contribution in [2.75, 3.05) is 0 Å². The Bertz CT molecular complexity index is 629. The summed E-state index contributed by atoms with van der Waals surface area (Å²) in [5, 5.41) is 4.58. The van der Waals surface area contributed by atoms with Crippen LogP contribution in [0.3, 0.4) is 0 Å². The van der Waals surface area contributed by atoms with Crippen LogP contribution in [-0.2, 0) is 4.79 Å². The second-order valence-corrected chi connectivity index (χ2v) is 4.19. The van der Waals surface area contributed by atoms with Crippen molar-refractivity contribution in [3.63, 3.8) is 0 Å². The van der Waals surface area contributed by atoms with Crippen LogP contribution in [0.25, 0.3) is 0 Å². The first-order valence-corrected chi connectivity index (χ1v) is 6.23. The molecule has 1 heterocycles. The predicted octanol–water partition coefficient (Wildman–Crippen LogP) is 1.46. The summed E-state index contributed by atoms with van der Waals surface area (Å²) in [7, 11) is 0.